The number of likely N-dealkylation sites (tertiary alicyclic amines) is 1. The number of nitrogens with two attached hydrogens (primary N) is 1. The van der Waals surface area contributed by atoms with E-state index in [0.717, 1.165) is 25.9 Å². The molecule has 3 N–H and O–H groups in total. The fourth-order valence-corrected chi connectivity index (χ4v) is 2.16. The molecule has 0 spiro atoms. The van der Waals surface area contributed by atoms with Crippen LogP contribution in [-0.2, 0) is 9.59 Å². The SMILES string of the molecule is CC(C)CC(N)C(=O)NCCC(=O)N1CCCC1. The highest BCUT2D eigenvalue weighted by molar-refractivity contribution is 5.82. The first kappa shape index (κ1) is 15.0. The quantitative estimate of drug-likeness (QED) is 0.725. The number of carbonyl (C=O) groups excluding carboxylic acids is 2. The Morgan fingerprint density at radius 2 is 1.89 bits per heavy atom. The molecule has 0 aliphatic carbocycles. The van der Waals surface area contributed by atoms with Crippen molar-refractivity contribution in [1.82, 2.24) is 10.2 Å². The van der Waals surface area contributed by atoms with E-state index in [0.29, 0.717) is 25.3 Å². The first-order valence-corrected chi connectivity index (χ1v) is 6.81. The fraction of sp³-hybridized carbons (Fsp3) is 0.846. The Balaban J connectivity index is 2.16. The molecule has 0 radical (unpaired) electrons. The minimum absolute atomic E-state index is 0.130. The Labute approximate surface area is 109 Å². The summed E-state index contributed by atoms with van der Waals surface area (Å²) in [6.45, 7) is 6.17. The van der Waals surface area contributed by atoms with E-state index in [4.69, 9.17) is 5.73 Å². The van der Waals surface area contributed by atoms with Gasteiger partial charge in [-0.2, -0.15) is 0 Å². The van der Waals surface area contributed by atoms with Crippen molar-refractivity contribution in [2.24, 2.45) is 11.7 Å². The van der Waals surface area contributed by atoms with E-state index in [1.165, 1.54) is 0 Å². The second-order valence-electron chi connectivity index (χ2n) is 5.36. The van der Waals surface area contributed by atoms with Crippen LogP contribution in [0, 0.1) is 5.92 Å². The van der Waals surface area contributed by atoms with Crippen LogP contribution in [0.4, 0.5) is 0 Å². The monoisotopic (exact) mass is 255 g/mol. The average molecular weight is 255 g/mol. The third-order valence-electron chi connectivity index (χ3n) is 3.16. The summed E-state index contributed by atoms with van der Waals surface area (Å²) < 4.78 is 0. The number of rotatable bonds is 6. The lowest BCUT2D eigenvalue weighted by Crippen LogP contribution is -2.42. The Morgan fingerprint density at radius 1 is 1.28 bits per heavy atom. The van der Waals surface area contributed by atoms with Gasteiger partial charge in [0.25, 0.3) is 0 Å². The van der Waals surface area contributed by atoms with Crippen molar-refractivity contribution in [2.45, 2.75) is 45.6 Å². The molecule has 0 saturated carbocycles. The summed E-state index contributed by atoms with van der Waals surface area (Å²) in [5.74, 6) is 0.375. The highest BCUT2D eigenvalue weighted by atomic mass is 16.2. The average Bonchev–Trinajstić information content (AvgIpc) is 2.81. The van der Waals surface area contributed by atoms with E-state index in [2.05, 4.69) is 5.32 Å². The van der Waals surface area contributed by atoms with Crippen LogP contribution in [0.15, 0.2) is 0 Å². The summed E-state index contributed by atoms with van der Waals surface area (Å²) in [4.78, 5) is 25.2. The van der Waals surface area contributed by atoms with Crippen LogP contribution >= 0.6 is 0 Å². The molecule has 0 aromatic heterocycles. The zero-order chi connectivity index (χ0) is 13.5. The van der Waals surface area contributed by atoms with Gasteiger partial charge in [0.15, 0.2) is 0 Å². The maximum atomic E-state index is 11.7. The van der Waals surface area contributed by atoms with Crippen molar-refractivity contribution < 1.29 is 9.59 Å². The minimum atomic E-state index is -0.466. The van der Waals surface area contributed by atoms with Crippen LogP contribution in [0.1, 0.15) is 39.5 Å². The van der Waals surface area contributed by atoms with E-state index in [1.807, 2.05) is 18.7 Å². The van der Waals surface area contributed by atoms with Crippen LogP contribution in [0.2, 0.25) is 0 Å². The molecule has 1 atom stereocenters. The molecule has 0 aromatic carbocycles. The van der Waals surface area contributed by atoms with Gasteiger partial charge in [-0.25, -0.2) is 0 Å². The fourth-order valence-electron chi connectivity index (χ4n) is 2.16. The van der Waals surface area contributed by atoms with Crippen molar-refractivity contribution in [3.63, 3.8) is 0 Å². The molecule has 0 bridgehead atoms. The Morgan fingerprint density at radius 3 is 2.44 bits per heavy atom. The summed E-state index contributed by atoms with van der Waals surface area (Å²) >= 11 is 0. The molecular weight excluding hydrogens is 230 g/mol. The second kappa shape index (κ2) is 7.36. The van der Waals surface area contributed by atoms with Crippen LogP contribution in [0.5, 0.6) is 0 Å². The smallest absolute Gasteiger partial charge is 0.236 e. The summed E-state index contributed by atoms with van der Waals surface area (Å²) in [5.41, 5.74) is 5.75. The van der Waals surface area contributed by atoms with Crippen molar-refractivity contribution in [3.8, 4) is 0 Å². The molecular formula is C13H25N3O2. The molecule has 1 aliphatic heterocycles. The molecule has 18 heavy (non-hydrogen) atoms. The molecule has 2 amide bonds. The molecule has 1 heterocycles. The first-order valence-electron chi connectivity index (χ1n) is 6.81. The predicted molar refractivity (Wildman–Crippen MR) is 70.9 cm³/mol. The van der Waals surface area contributed by atoms with E-state index >= 15 is 0 Å². The molecule has 1 fully saturated rings. The highest BCUT2D eigenvalue weighted by Gasteiger charge is 2.18. The van der Waals surface area contributed by atoms with Crippen molar-refractivity contribution in [3.05, 3.63) is 0 Å². The molecule has 5 heteroatoms. The van der Waals surface area contributed by atoms with E-state index in [1.54, 1.807) is 0 Å². The van der Waals surface area contributed by atoms with Crippen molar-refractivity contribution in [2.75, 3.05) is 19.6 Å². The number of nitrogens with zero attached hydrogens (tertiary/aromatic N) is 1. The summed E-state index contributed by atoms with van der Waals surface area (Å²) in [6.07, 6.45) is 3.24. The van der Waals surface area contributed by atoms with Gasteiger partial charge in [0.2, 0.25) is 11.8 Å². The Hall–Kier alpha value is -1.10. The van der Waals surface area contributed by atoms with Gasteiger partial charge < -0.3 is 16.0 Å². The molecule has 1 rings (SSSR count). The number of nitrogens with one attached hydrogen (secondary N) is 1. The third kappa shape index (κ3) is 5.04. The van der Waals surface area contributed by atoms with Gasteiger partial charge >= 0.3 is 0 Å². The summed E-state index contributed by atoms with van der Waals surface area (Å²) in [6, 6.07) is -0.466. The number of carbonyl (C=O) groups is 2. The lowest BCUT2D eigenvalue weighted by atomic mass is 10.0. The van der Waals surface area contributed by atoms with Crippen molar-refractivity contribution in [1.29, 1.82) is 0 Å². The summed E-state index contributed by atoms with van der Waals surface area (Å²) in [5, 5.41) is 2.73. The van der Waals surface area contributed by atoms with Gasteiger partial charge in [-0.3, -0.25) is 9.59 Å². The predicted octanol–water partition coefficient (Wildman–Crippen LogP) is 0.489. The van der Waals surface area contributed by atoms with Gasteiger partial charge in [0, 0.05) is 26.1 Å². The Bertz CT molecular complexity index is 286. The van der Waals surface area contributed by atoms with Crippen LogP contribution in [0.25, 0.3) is 0 Å². The van der Waals surface area contributed by atoms with Crippen LogP contribution in [-0.4, -0.2) is 42.4 Å². The largest absolute Gasteiger partial charge is 0.354 e. The van der Waals surface area contributed by atoms with Crippen LogP contribution < -0.4 is 11.1 Å². The number of hydrogen-bond donors (Lipinski definition) is 2. The van der Waals surface area contributed by atoms with Gasteiger partial charge in [-0.15, -0.1) is 0 Å². The van der Waals surface area contributed by atoms with Gasteiger partial charge in [-0.05, 0) is 25.2 Å². The lowest BCUT2D eigenvalue weighted by molar-refractivity contribution is -0.130. The second-order valence-corrected chi connectivity index (χ2v) is 5.36. The Kier molecular flexibility index (Phi) is 6.12. The molecule has 104 valence electrons. The maximum absolute atomic E-state index is 11.7. The zero-order valence-electron chi connectivity index (χ0n) is 11.4. The van der Waals surface area contributed by atoms with Gasteiger partial charge in [0.05, 0.1) is 6.04 Å². The maximum Gasteiger partial charge on any atom is 0.236 e. The molecule has 0 aromatic rings. The third-order valence-corrected chi connectivity index (χ3v) is 3.16. The molecule has 1 unspecified atom stereocenters. The highest BCUT2D eigenvalue weighted by Crippen LogP contribution is 2.08. The molecule has 1 saturated heterocycles. The van der Waals surface area contributed by atoms with Crippen LogP contribution in [0.3, 0.4) is 0 Å². The number of amides is 2. The van der Waals surface area contributed by atoms with E-state index < -0.39 is 6.04 Å². The van der Waals surface area contributed by atoms with Crippen molar-refractivity contribution >= 4 is 11.8 Å². The molecule has 5 nitrogen and oxygen atoms in total. The van der Waals surface area contributed by atoms with Gasteiger partial charge in [-0.1, -0.05) is 13.8 Å². The minimum Gasteiger partial charge on any atom is -0.354 e. The van der Waals surface area contributed by atoms with E-state index in [9.17, 15) is 9.59 Å². The normalized spacial score (nSPS) is 17.0. The van der Waals surface area contributed by atoms with E-state index in [-0.39, 0.29) is 11.8 Å². The topological polar surface area (TPSA) is 75.4 Å². The van der Waals surface area contributed by atoms with Gasteiger partial charge in [0.1, 0.15) is 0 Å². The standard InChI is InChI=1S/C13H25N3O2/c1-10(2)9-11(14)13(18)15-6-5-12(17)16-7-3-4-8-16/h10-11H,3-9,14H2,1-2H3,(H,15,18). The summed E-state index contributed by atoms with van der Waals surface area (Å²) in [7, 11) is 0. The molecule has 1 aliphatic rings. The zero-order valence-corrected chi connectivity index (χ0v) is 11.4. The lowest BCUT2D eigenvalue weighted by Gasteiger charge is -2.17. The number of hydrogen-bond acceptors (Lipinski definition) is 3. The first-order chi connectivity index (χ1) is 8.50.